The standard InChI is InChI=1S/C15H21N3O2S/c1-9(2)20-11-6-10(7-16-8-11)12(19)13-14(15(3,4)5)17-18-21-13/h6-9,12,19H,1-5H3. The number of pyridine rings is 1. The molecule has 2 rings (SSSR count). The van der Waals surface area contributed by atoms with E-state index in [-0.39, 0.29) is 11.5 Å². The SMILES string of the molecule is CC(C)Oc1cncc(C(O)c2snnc2C(C)(C)C)c1. The molecule has 0 amide bonds. The van der Waals surface area contributed by atoms with Crippen LogP contribution in [0.1, 0.15) is 56.9 Å². The average Bonchev–Trinajstić information content (AvgIpc) is 2.86. The first kappa shape index (κ1) is 15.9. The molecule has 2 aromatic rings. The van der Waals surface area contributed by atoms with Gasteiger partial charge in [0.2, 0.25) is 0 Å². The lowest BCUT2D eigenvalue weighted by atomic mass is 9.89. The molecule has 2 aromatic heterocycles. The second kappa shape index (κ2) is 6.07. The van der Waals surface area contributed by atoms with E-state index in [1.165, 1.54) is 11.5 Å². The van der Waals surface area contributed by atoms with Crippen molar-refractivity contribution in [1.82, 2.24) is 14.6 Å². The van der Waals surface area contributed by atoms with Crippen LogP contribution in [-0.4, -0.2) is 25.8 Å². The van der Waals surface area contributed by atoms with Crippen LogP contribution in [0.3, 0.4) is 0 Å². The van der Waals surface area contributed by atoms with E-state index in [1.807, 2.05) is 19.9 Å². The number of nitrogens with zero attached hydrogens (tertiary/aromatic N) is 3. The summed E-state index contributed by atoms with van der Waals surface area (Å²) in [6, 6.07) is 1.81. The van der Waals surface area contributed by atoms with E-state index in [0.717, 1.165) is 10.6 Å². The first-order valence-corrected chi connectivity index (χ1v) is 7.68. The largest absolute Gasteiger partial charge is 0.489 e. The van der Waals surface area contributed by atoms with Gasteiger partial charge in [0.15, 0.2) is 0 Å². The van der Waals surface area contributed by atoms with Crippen molar-refractivity contribution < 1.29 is 9.84 Å². The number of aliphatic hydroxyl groups excluding tert-OH is 1. The molecule has 0 aliphatic carbocycles. The van der Waals surface area contributed by atoms with E-state index < -0.39 is 6.10 Å². The van der Waals surface area contributed by atoms with Gasteiger partial charge in [-0.25, -0.2) is 0 Å². The van der Waals surface area contributed by atoms with E-state index in [2.05, 4.69) is 35.3 Å². The van der Waals surface area contributed by atoms with Gasteiger partial charge in [-0.15, -0.1) is 5.10 Å². The molecule has 0 saturated carbocycles. The summed E-state index contributed by atoms with van der Waals surface area (Å²) in [6.07, 6.45) is 2.56. The molecule has 5 nitrogen and oxygen atoms in total. The molecule has 6 heteroatoms. The third kappa shape index (κ3) is 3.77. The lowest BCUT2D eigenvalue weighted by molar-refractivity contribution is 0.216. The minimum Gasteiger partial charge on any atom is -0.489 e. The van der Waals surface area contributed by atoms with Crippen LogP contribution in [-0.2, 0) is 5.41 Å². The van der Waals surface area contributed by atoms with Crippen LogP contribution in [0.5, 0.6) is 5.75 Å². The Hall–Kier alpha value is -1.53. The van der Waals surface area contributed by atoms with Gasteiger partial charge in [0, 0.05) is 17.2 Å². The van der Waals surface area contributed by atoms with Crippen LogP contribution >= 0.6 is 11.5 Å². The maximum Gasteiger partial charge on any atom is 0.138 e. The summed E-state index contributed by atoms with van der Waals surface area (Å²) in [7, 11) is 0. The average molecular weight is 307 g/mol. The summed E-state index contributed by atoms with van der Waals surface area (Å²) >= 11 is 1.22. The number of aromatic nitrogens is 3. The van der Waals surface area contributed by atoms with Gasteiger partial charge in [-0.2, -0.15) is 0 Å². The Bertz CT molecular complexity index is 605. The molecule has 0 bridgehead atoms. The molecule has 2 heterocycles. The maximum atomic E-state index is 10.6. The fourth-order valence-electron chi connectivity index (χ4n) is 1.97. The van der Waals surface area contributed by atoms with Gasteiger partial charge >= 0.3 is 0 Å². The number of hydrogen-bond acceptors (Lipinski definition) is 6. The first-order valence-electron chi connectivity index (χ1n) is 6.91. The normalized spacial score (nSPS) is 13.5. The molecule has 0 saturated heterocycles. The molecule has 0 aliphatic rings. The molecule has 1 unspecified atom stereocenters. The van der Waals surface area contributed by atoms with Crippen LogP contribution in [0, 0.1) is 0 Å². The summed E-state index contributed by atoms with van der Waals surface area (Å²) in [4.78, 5) is 4.89. The second-order valence-electron chi connectivity index (χ2n) is 6.26. The molecule has 1 N–H and O–H groups in total. The number of ether oxygens (including phenoxy) is 1. The molecule has 1 atom stereocenters. The van der Waals surface area contributed by atoms with Crippen LogP contribution in [0.15, 0.2) is 18.5 Å². The molecule has 0 aliphatic heterocycles. The summed E-state index contributed by atoms with van der Waals surface area (Å²) in [5, 5.41) is 14.8. The number of hydrogen-bond donors (Lipinski definition) is 1. The second-order valence-corrected chi connectivity index (χ2v) is 7.04. The van der Waals surface area contributed by atoms with Gasteiger partial charge in [-0.1, -0.05) is 25.3 Å². The van der Waals surface area contributed by atoms with Crippen molar-refractivity contribution in [2.45, 2.75) is 52.2 Å². The fraction of sp³-hybridized carbons (Fsp3) is 0.533. The minimum atomic E-state index is -0.789. The Labute approximate surface area is 129 Å². The highest BCUT2D eigenvalue weighted by atomic mass is 32.1. The predicted molar refractivity (Wildman–Crippen MR) is 82.7 cm³/mol. The van der Waals surface area contributed by atoms with Gasteiger partial charge in [-0.3, -0.25) is 4.98 Å². The Kier molecular flexibility index (Phi) is 4.58. The summed E-state index contributed by atoms with van der Waals surface area (Å²) < 4.78 is 9.60. The maximum absolute atomic E-state index is 10.6. The van der Waals surface area contributed by atoms with Crippen LogP contribution in [0.2, 0.25) is 0 Å². The van der Waals surface area contributed by atoms with Crippen molar-refractivity contribution in [2.75, 3.05) is 0 Å². The minimum absolute atomic E-state index is 0.0643. The molecule has 0 radical (unpaired) electrons. The van der Waals surface area contributed by atoms with Crippen molar-refractivity contribution >= 4 is 11.5 Å². The van der Waals surface area contributed by atoms with Gasteiger partial charge in [0.1, 0.15) is 11.9 Å². The third-order valence-electron chi connectivity index (χ3n) is 2.89. The summed E-state index contributed by atoms with van der Waals surface area (Å²) in [6.45, 7) is 10.1. The van der Waals surface area contributed by atoms with Crippen molar-refractivity contribution in [3.05, 3.63) is 34.6 Å². The molecule has 0 spiro atoms. The van der Waals surface area contributed by atoms with E-state index >= 15 is 0 Å². The quantitative estimate of drug-likeness (QED) is 0.940. The third-order valence-corrected chi connectivity index (χ3v) is 3.67. The van der Waals surface area contributed by atoms with Crippen molar-refractivity contribution in [1.29, 1.82) is 0 Å². The fourth-order valence-corrected chi connectivity index (χ4v) is 2.85. The van der Waals surface area contributed by atoms with E-state index in [0.29, 0.717) is 11.3 Å². The first-order chi connectivity index (χ1) is 9.79. The van der Waals surface area contributed by atoms with Crippen molar-refractivity contribution in [3.8, 4) is 5.75 Å². The topological polar surface area (TPSA) is 68.1 Å². The molecular formula is C15H21N3O2S. The Balaban J connectivity index is 2.32. The Morgan fingerprint density at radius 3 is 2.57 bits per heavy atom. The van der Waals surface area contributed by atoms with Crippen LogP contribution < -0.4 is 4.74 Å². The highest BCUT2D eigenvalue weighted by Crippen LogP contribution is 2.34. The predicted octanol–water partition coefficient (Wildman–Crippen LogP) is 3.10. The highest BCUT2D eigenvalue weighted by Gasteiger charge is 2.27. The molecular weight excluding hydrogens is 286 g/mol. The zero-order valence-electron chi connectivity index (χ0n) is 13.0. The van der Waals surface area contributed by atoms with Gasteiger partial charge in [0.05, 0.1) is 22.9 Å². The van der Waals surface area contributed by atoms with E-state index in [1.54, 1.807) is 12.4 Å². The Morgan fingerprint density at radius 2 is 1.95 bits per heavy atom. The molecule has 114 valence electrons. The van der Waals surface area contributed by atoms with E-state index in [4.69, 9.17) is 4.74 Å². The zero-order chi connectivity index (χ0) is 15.6. The van der Waals surface area contributed by atoms with Crippen molar-refractivity contribution in [3.63, 3.8) is 0 Å². The summed E-state index contributed by atoms with van der Waals surface area (Å²) in [5.41, 5.74) is 1.34. The molecule has 0 aromatic carbocycles. The van der Waals surface area contributed by atoms with Gasteiger partial charge in [-0.05, 0) is 31.4 Å². The van der Waals surface area contributed by atoms with E-state index in [9.17, 15) is 5.11 Å². The monoisotopic (exact) mass is 307 g/mol. The van der Waals surface area contributed by atoms with Gasteiger partial charge < -0.3 is 9.84 Å². The van der Waals surface area contributed by atoms with Crippen molar-refractivity contribution in [2.24, 2.45) is 0 Å². The smallest absolute Gasteiger partial charge is 0.138 e. The molecule has 0 fully saturated rings. The number of aliphatic hydroxyl groups is 1. The zero-order valence-corrected chi connectivity index (χ0v) is 13.8. The van der Waals surface area contributed by atoms with Gasteiger partial charge in [0.25, 0.3) is 0 Å². The highest BCUT2D eigenvalue weighted by molar-refractivity contribution is 7.05. The summed E-state index contributed by atoms with van der Waals surface area (Å²) in [5.74, 6) is 0.649. The number of rotatable bonds is 4. The lowest BCUT2D eigenvalue weighted by Crippen LogP contribution is -2.16. The van der Waals surface area contributed by atoms with Crippen LogP contribution in [0.4, 0.5) is 0 Å². The molecule has 21 heavy (non-hydrogen) atoms. The lowest BCUT2D eigenvalue weighted by Gasteiger charge is -2.19. The Morgan fingerprint density at radius 1 is 1.24 bits per heavy atom. The van der Waals surface area contributed by atoms with Crippen LogP contribution in [0.25, 0.3) is 0 Å².